The highest BCUT2D eigenvalue weighted by molar-refractivity contribution is 5.92. The number of rotatable bonds is 5. The van der Waals surface area contributed by atoms with Gasteiger partial charge in [-0.15, -0.1) is 0 Å². The van der Waals surface area contributed by atoms with Crippen molar-refractivity contribution in [2.45, 2.75) is 6.92 Å². The van der Waals surface area contributed by atoms with Gasteiger partial charge >= 0.3 is 5.97 Å². The summed E-state index contributed by atoms with van der Waals surface area (Å²) in [7, 11) is 4.49. The SMILES string of the molecule is COc1cc(C(=O)Oc2ccccc2C)cc(OC)c1OC. The molecular formula is C17H18O5. The van der Waals surface area contributed by atoms with Crippen molar-refractivity contribution >= 4 is 5.97 Å². The van der Waals surface area contributed by atoms with Crippen molar-refractivity contribution in [1.82, 2.24) is 0 Å². The van der Waals surface area contributed by atoms with Gasteiger partial charge in [0, 0.05) is 0 Å². The average Bonchev–Trinajstić information content (AvgIpc) is 2.55. The summed E-state index contributed by atoms with van der Waals surface area (Å²) in [6.45, 7) is 1.87. The Bertz CT molecular complexity index is 653. The van der Waals surface area contributed by atoms with Gasteiger partial charge in [0.25, 0.3) is 0 Å². The molecule has 0 aliphatic heterocycles. The highest BCUT2D eigenvalue weighted by Gasteiger charge is 2.18. The van der Waals surface area contributed by atoms with E-state index in [1.807, 2.05) is 25.1 Å². The molecule has 0 aliphatic rings. The smallest absolute Gasteiger partial charge is 0.343 e. The van der Waals surface area contributed by atoms with E-state index in [1.165, 1.54) is 21.3 Å². The van der Waals surface area contributed by atoms with E-state index >= 15 is 0 Å². The second kappa shape index (κ2) is 6.85. The molecule has 0 unspecified atom stereocenters. The molecule has 0 N–H and O–H groups in total. The molecular weight excluding hydrogens is 284 g/mol. The molecule has 0 amide bonds. The average molecular weight is 302 g/mol. The van der Waals surface area contributed by atoms with Crippen molar-refractivity contribution in [1.29, 1.82) is 0 Å². The van der Waals surface area contributed by atoms with Crippen LogP contribution in [0.5, 0.6) is 23.0 Å². The molecule has 0 heterocycles. The minimum atomic E-state index is -0.492. The molecule has 0 aromatic heterocycles. The largest absolute Gasteiger partial charge is 0.493 e. The first-order chi connectivity index (χ1) is 10.6. The number of hydrogen-bond donors (Lipinski definition) is 0. The van der Waals surface area contributed by atoms with Crippen LogP contribution in [0.1, 0.15) is 15.9 Å². The van der Waals surface area contributed by atoms with E-state index in [0.29, 0.717) is 28.6 Å². The number of carbonyl (C=O) groups excluding carboxylic acids is 1. The summed E-state index contributed by atoms with van der Waals surface area (Å²) >= 11 is 0. The fourth-order valence-corrected chi connectivity index (χ4v) is 2.03. The molecule has 0 spiro atoms. The lowest BCUT2D eigenvalue weighted by Crippen LogP contribution is -2.10. The number of aryl methyl sites for hydroxylation is 1. The Morgan fingerprint density at radius 2 is 1.45 bits per heavy atom. The predicted molar refractivity (Wildman–Crippen MR) is 82.2 cm³/mol. The van der Waals surface area contributed by atoms with Gasteiger partial charge in [0.1, 0.15) is 5.75 Å². The monoisotopic (exact) mass is 302 g/mol. The normalized spacial score (nSPS) is 10.0. The first-order valence-electron chi connectivity index (χ1n) is 6.68. The lowest BCUT2D eigenvalue weighted by molar-refractivity contribution is 0.0732. The number of carbonyl (C=O) groups is 1. The number of ether oxygens (including phenoxy) is 4. The molecule has 5 heteroatoms. The number of benzene rings is 2. The van der Waals surface area contributed by atoms with Crippen molar-refractivity contribution in [3.63, 3.8) is 0 Å². The van der Waals surface area contributed by atoms with Crippen LogP contribution < -0.4 is 18.9 Å². The van der Waals surface area contributed by atoms with Gasteiger partial charge < -0.3 is 18.9 Å². The van der Waals surface area contributed by atoms with Crippen LogP contribution in [0.2, 0.25) is 0 Å². The van der Waals surface area contributed by atoms with Gasteiger partial charge in [-0.1, -0.05) is 18.2 Å². The van der Waals surface area contributed by atoms with Crippen LogP contribution in [0.25, 0.3) is 0 Å². The Morgan fingerprint density at radius 3 is 1.95 bits per heavy atom. The molecule has 5 nitrogen and oxygen atoms in total. The molecule has 0 bridgehead atoms. The highest BCUT2D eigenvalue weighted by atomic mass is 16.5. The van der Waals surface area contributed by atoms with Crippen LogP contribution in [0.3, 0.4) is 0 Å². The van der Waals surface area contributed by atoms with Crippen LogP contribution >= 0.6 is 0 Å². The van der Waals surface area contributed by atoms with Crippen LogP contribution in [0, 0.1) is 6.92 Å². The van der Waals surface area contributed by atoms with Crippen LogP contribution in [-0.4, -0.2) is 27.3 Å². The summed E-state index contributed by atoms with van der Waals surface area (Å²) in [5.41, 5.74) is 1.20. The Morgan fingerprint density at radius 1 is 0.864 bits per heavy atom. The maximum atomic E-state index is 12.3. The summed E-state index contributed by atoms with van der Waals surface area (Å²) < 4.78 is 21.1. The number of esters is 1. The second-order valence-corrected chi connectivity index (χ2v) is 4.57. The Kier molecular flexibility index (Phi) is 4.88. The molecule has 0 atom stereocenters. The van der Waals surface area contributed by atoms with Gasteiger partial charge in [-0.2, -0.15) is 0 Å². The third kappa shape index (κ3) is 3.14. The summed E-state index contributed by atoms with van der Waals surface area (Å²) in [4.78, 5) is 12.3. The Hall–Kier alpha value is -2.69. The first kappa shape index (κ1) is 15.7. The Balaban J connectivity index is 2.36. The number of para-hydroxylation sites is 1. The predicted octanol–water partition coefficient (Wildman–Crippen LogP) is 3.24. The van der Waals surface area contributed by atoms with E-state index < -0.39 is 5.97 Å². The number of hydrogen-bond acceptors (Lipinski definition) is 5. The molecule has 22 heavy (non-hydrogen) atoms. The standard InChI is InChI=1S/C17H18O5/c1-11-7-5-6-8-13(11)22-17(18)12-9-14(19-2)16(21-4)15(10-12)20-3/h5-10H,1-4H3. The molecule has 0 radical (unpaired) electrons. The fourth-order valence-electron chi connectivity index (χ4n) is 2.03. The fraction of sp³-hybridized carbons (Fsp3) is 0.235. The van der Waals surface area contributed by atoms with Gasteiger partial charge in [-0.25, -0.2) is 4.79 Å². The third-order valence-electron chi connectivity index (χ3n) is 3.20. The van der Waals surface area contributed by atoms with E-state index in [9.17, 15) is 4.79 Å². The second-order valence-electron chi connectivity index (χ2n) is 4.57. The van der Waals surface area contributed by atoms with Crippen molar-refractivity contribution < 1.29 is 23.7 Å². The summed E-state index contributed by atoms with van der Waals surface area (Å²) in [6, 6.07) is 10.4. The topological polar surface area (TPSA) is 54.0 Å². The van der Waals surface area contributed by atoms with Gasteiger partial charge in [0.05, 0.1) is 26.9 Å². The molecule has 116 valence electrons. The van der Waals surface area contributed by atoms with Crippen molar-refractivity contribution in [2.75, 3.05) is 21.3 Å². The maximum absolute atomic E-state index is 12.3. The van der Waals surface area contributed by atoms with E-state index in [2.05, 4.69) is 0 Å². The van der Waals surface area contributed by atoms with Crippen LogP contribution in [0.4, 0.5) is 0 Å². The van der Waals surface area contributed by atoms with E-state index in [1.54, 1.807) is 18.2 Å². The molecule has 0 saturated carbocycles. The highest BCUT2D eigenvalue weighted by Crippen LogP contribution is 2.38. The van der Waals surface area contributed by atoms with Crippen molar-refractivity contribution in [2.24, 2.45) is 0 Å². The van der Waals surface area contributed by atoms with Gasteiger partial charge in [0.2, 0.25) is 5.75 Å². The summed E-state index contributed by atoms with van der Waals surface area (Å²) in [5.74, 6) is 1.25. The lowest BCUT2D eigenvalue weighted by Gasteiger charge is -2.14. The van der Waals surface area contributed by atoms with E-state index in [4.69, 9.17) is 18.9 Å². The third-order valence-corrected chi connectivity index (χ3v) is 3.20. The molecule has 2 aromatic carbocycles. The lowest BCUT2D eigenvalue weighted by atomic mass is 10.1. The van der Waals surface area contributed by atoms with Crippen molar-refractivity contribution in [3.8, 4) is 23.0 Å². The zero-order valence-corrected chi connectivity index (χ0v) is 13.0. The van der Waals surface area contributed by atoms with Gasteiger partial charge in [0.15, 0.2) is 11.5 Å². The molecule has 0 fully saturated rings. The zero-order chi connectivity index (χ0) is 16.1. The van der Waals surface area contributed by atoms with Gasteiger partial charge in [-0.05, 0) is 30.7 Å². The minimum absolute atomic E-state index is 0.317. The van der Waals surface area contributed by atoms with Crippen molar-refractivity contribution in [3.05, 3.63) is 47.5 Å². The van der Waals surface area contributed by atoms with E-state index in [-0.39, 0.29) is 0 Å². The molecule has 2 aromatic rings. The van der Waals surface area contributed by atoms with Crippen LogP contribution in [-0.2, 0) is 0 Å². The van der Waals surface area contributed by atoms with Crippen LogP contribution in [0.15, 0.2) is 36.4 Å². The Labute approximate surface area is 129 Å². The first-order valence-corrected chi connectivity index (χ1v) is 6.68. The number of methoxy groups -OCH3 is 3. The maximum Gasteiger partial charge on any atom is 0.343 e. The summed E-state index contributed by atoms with van der Waals surface area (Å²) in [5, 5.41) is 0. The summed E-state index contributed by atoms with van der Waals surface area (Å²) in [6.07, 6.45) is 0. The zero-order valence-electron chi connectivity index (χ0n) is 13.0. The molecule has 0 saturated heterocycles. The molecule has 2 rings (SSSR count). The quantitative estimate of drug-likeness (QED) is 0.627. The van der Waals surface area contributed by atoms with E-state index in [0.717, 1.165) is 5.56 Å². The van der Waals surface area contributed by atoms with Gasteiger partial charge in [-0.3, -0.25) is 0 Å². The minimum Gasteiger partial charge on any atom is -0.493 e. The molecule has 0 aliphatic carbocycles.